The summed E-state index contributed by atoms with van der Waals surface area (Å²) in [5, 5.41) is 0. The van der Waals surface area contributed by atoms with Gasteiger partial charge in [-0.3, -0.25) is 9.97 Å². The first-order valence-electron chi connectivity index (χ1n) is 20.6. The first-order chi connectivity index (χ1) is 26.3. The van der Waals surface area contributed by atoms with Crippen LogP contribution in [-0.2, 0) is 5.75 Å². The minimum atomic E-state index is 0.321. The van der Waals surface area contributed by atoms with Crippen molar-refractivity contribution < 1.29 is 0 Å². The van der Waals surface area contributed by atoms with E-state index in [1.54, 1.807) is 24.8 Å². The fraction of sp³-hybridized carbons (Fsp3) is 0.560. The van der Waals surface area contributed by atoms with E-state index in [0.717, 1.165) is 5.75 Å². The lowest BCUT2D eigenvalue weighted by molar-refractivity contribution is 0.802. The molecule has 56 heavy (non-hydrogen) atoms. The third-order valence-corrected chi connectivity index (χ3v) is 9.85. The average molecular weight is 848 g/mol. The summed E-state index contributed by atoms with van der Waals surface area (Å²) < 4.78 is 1.62. The maximum absolute atomic E-state index is 3.78. The number of aromatic nitrogens is 2. The zero-order valence-electron chi connectivity index (χ0n) is 40.5. The molecule has 2 heterocycles. The van der Waals surface area contributed by atoms with Crippen LogP contribution in [0.2, 0.25) is 0 Å². The molecule has 0 bridgehead atoms. The zero-order valence-corrected chi connectivity index (χ0v) is 43.8. The minimum absolute atomic E-state index is 0.321. The lowest BCUT2D eigenvalue weighted by Gasteiger charge is -2.17. The summed E-state index contributed by atoms with van der Waals surface area (Å²) in [5.41, 5.74) is 1.41. The topological polar surface area (TPSA) is 25.8 Å². The van der Waals surface area contributed by atoms with E-state index in [1.165, 1.54) is 16.2 Å². The molecule has 0 amide bonds. The van der Waals surface area contributed by atoms with Crippen LogP contribution in [0.5, 0.6) is 0 Å². The SMILES string of the molecule is CC.CC.CC.CC.CC(C)(C)SCc1ccccc1.CC(C)(C)Sc1ccccc1.CCSC(C)(C)C.CSC(C)(C)C.c1ccncc1.c1ccncc1. The Hall–Kier alpha value is -1.86. The van der Waals surface area contributed by atoms with Crippen molar-refractivity contribution >= 4 is 47.0 Å². The normalized spacial score (nSPS) is 9.68. The minimum Gasteiger partial charge on any atom is -0.265 e. The lowest BCUT2D eigenvalue weighted by atomic mass is 10.2. The molecule has 0 aliphatic heterocycles. The van der Waals surface area contributed by atoms with Gasteiger partial charge in [-0.05, 0) is 54.0 Å². The van der Waals surface area contributed by atoms with Gasteiger partial charge in [0, 0.05) is 54.4 Å². The van der Waals surface area contributed by atoms with Gasteiger partial charge in [-0.2, -0.15) is 35.3 Å². The zero-order chi connectivity index (χ0) is 45.0. The highest BCUT2D eigenvalue weighted by Crippen LogP contribution is 2.31. The molecule has 0 saturated heterocycles. The van der Waals surface area contributed by atoms with E-state index in [0.29, 0.717) is 19.0 Å². The number of hydrogen-bond donors (Lipinski definition) is 0. The molecule has 0 atom stereocenters. The summed E-state index contributed by atoms with van der Waals surface area (Å²) in [5.74, 6) is 2.34. The molecule has 0 radical (unpaired) electrons. The van der Waals surface area contributed by atoms with E-state index in [-0.39, 0.29) is 0 Å². The molecule has 2 nitrogen and oxygen atoms in total. The van der Waals surface area contributed by atoms with E-state index < -0.39 is 0 Å². The van der Waals surface area contributed by atoms with Crippen LogP contribution in [0.15, 0.2) is 127 Å². The Balaban J connectivity index is -0.000000132. The number of hydrogen-bond acceptors (Lipinski definition) is 6. The summed E-state index contributed by atoms with van der Waals surface area (Å²) in [4.78, 5) is 8.92. The number of thioether (sulfide) groups is 4. The van der Waals surface area contributed by atoms with Crippen LogP contribution in [0, 0.1) is 0 Å². The molecule has 0 unspecified atom stereocenters. The number of benzene rings is 2. The highest BCUT2D eigenvalue weighted by Gasteiger charge is 2.11. The Morgan fingerprint density at radius 3 is 0.911 bits per heavy atom. The Morgan fingerprint density at radius 2 is 0.714 bits per heavy atom. The van der Waals surface area contributed by atoms with E-state index in [1.807, 2.05) is 145 Å². The summed E-state index contributed by atoms with van der Waals surface area (Å²) >= 11 is 7.76. The second-order valence-corrected chi connectivity index (χ2v) is 21.8. The van der Waals surface area contributed by atoms with Gasteiger partial charge in [0.1, 0.15) is 0 Å². The number of rotatable bonds is 4. The number of nitrogens with zero attached hydrogens (tertiary/aromatic N) is 2. The maximum Gasteiger partial charge on any atom is 0.0267 e. The average Bonchev–Trinajstić information content (AvgIpc) is 3.19. The standard InChI is InChI=1S/C11H16S.C10H14S.C6H14S.2C5H5N.C5H12S.4C2H6/c1-11(2,3)12-9-10-7-5-4-6-8-10;1-10(2,3)11-9-7-5-4-6-8-9;1-5-7-6(2,3)4;2*1-2-4-6-5-3-1;1-5(2,3)6-4;4*1-2/h4-8H,9H2,1-3H3;4-8H,1-3H3;5H2,1-4H3;2*1-5H;1-4H3;4*1-2H3. The first-order valence-corrected chi connectivity index (χ1v) is 24.6. The van der Waals surface area contributed by atoms with Crippen molar-refractivity contribution in [2.45, 2.75) is 175 Å². The molecule has 4 aromatic rings. The van der Waals surface area contributed by atoms with Crippen LogP contribution < -0.4 is 0 Å². The second kappa shape index (κ2) is 45.8. The van der Waals surface area contributed by atoms with Crippen molar-refractivity contribution in [2.24, 2.45) is 0 Å². The maximum atomic E-state index is 3.78. The van der Waals surface area contributed by atoms with E-state index >= 15 is 0 Å². The second-order valence-electron chi connectivity index (χ2n) is 14.3. The van der Waals surface area contributed by atoms with E-state index in [4.69, 9.17) is 0 Å². The Kier molecular flexibility index (Phi) is 54.0. The smallest absolute Gasteiger partial charge is 0.0267 e. The van der Waals surface area contributed by atoms with Gasteiger partial charge in [-0.15, -0.1) is 11.8 Å². The molecule has 0 spiro atoms. The monoisotopic (exact) mass is 847 g/mol. The Labute approximate surface area is 369 Å². The molecule has 2 aromatic heterocycles. The summed E-state index contributed by atoms with van der Waals surface area (Å²) in [6.07, 6.45) is 9.12. The number of pyridine rings is 2. The van der Waals surface area contributed by atoms with E-state index in [2.05, 4.69) is 161 Å². The van der Waals surface area contributed by atoms with Crippen molar-refractivity contribution in [3.05, 3.63) is 127 Å². The molecule has 0 N–H and O–H groups in total. The van der Waals surface area contributed by atoms with Crippen LogP contribution in [0.4, 0.5) is 0 Å². The highest BCUT2D eigenvalue weighted by molar-refractivity contribution is 8.01. The van der Waals surface area contributed by atoms with Gasteiger partial charge in [0.25, 0.3) is 0 Å². The van der Waals surface area contributed by atoms with Gasteiger partial charge < -0.3 is 0 Å². The molecular weight excluding hydrogens is 757 g/mol. The molecule has 4 rings (SSSR count). The molecular formula is C50H90N2S4. The third kappa shape index (κ3) is 70.0. The van der Waals surface area contributed by atoms with Gasteiger partial charge in [-0.1, -0.05) is 206 Å². The van der Waals surface area contributed by atoms with Crippen molar-refractivity contribution in [3.63, 3.8) is 0 Å². The van der Waals surface area contributed by atoms with Gasteiger partial charge in [0.2, 0.25) is 0 Å². The third-order valence-electron chi connectivity index (χ3n) is 5.00. The molecule has 6 heteroatoms. The fourth-order valence-electron chi connectivity index (χ4n) is 2.77. The van der Waals surface area contributed by atoms with Crippen LogP contribution in [0.3, 0.4) is 0 Å². The van der Waals surface area contributed by atoms with Gasteiger partial charge >= 0.3 is 0 Å². The van der Waals surface area contributed by atoms with E-state index in [9.17, 15) is 0 Å². The molecule has 0 aliphatic rings. The van der Waals surface area contributed by atoms with Crippen LogP contribution in [-0.4, -0.2) is 41.0 Å². The van der Waals surface area contributed by atoms with Crippen molar-refractivity contribution in [1.29, 1.82) is 0 Å². The Morgan fingerprint density at radius 1 is 0.411 bits per heavy atom. The summed E-state index contributed by atoms with van der Waals surface area (Å²) in [6, 6.07) is 32.5. The molecule has 2 aromatic carbocycles. The Bertz CT molecular complexity index is 1110. The largest absolute Gasteiger partial charge is 0.265 e. The quantitative estimate of drug-likeness (QED) is 0.190. The first kappa shape index (κ1) is 66.0. The highest BCUT2D eigenvalue weighted by atomic mass is 32.2. The van der Waals surface area contributed by atoms with Crippen molar-refractivity contribution in [3.8, 4) is 0 Å². The van der Waals surface area contributed by atoms with Crippen molar-refractivity contribution in [2.75, 3.05) is 12.0 Å². The van der Waals surface area contributed by atoms with Gasteiger partial charge in [-0.25, -0.2) is 0 Å². The van der Waals surface area contributed by atoms with Crippen LogP contribution in [0.1, 0.15) is 151 Å². The predicted molar refractivity (Wildman–Crippen MR) is 275 cm³/mol. The molecule has 324 valence electrons. The van der Waals surface area contributed by atoms with Gasteiger partial charge in [0.15, 0.2) is 0 Å². The van der Waals surface area contributed by atoms with Crippen LogP contribution in [0.25, 0.3) is 0 Å². The van der Waals surface area contributed by atoms with Gasteiger partial charge in [0.05, 0.1) is 0 Å². The fourth-order valence-corrected chi connectivity index (χ4v) is 5.43. The summed E-state index contributed by atoms with van der Waals surface area (Å²) in [6.45, 7) is 45.0. The molecule has 0 fully saturated rings. The predicted octanol–water partition coefficient (Wildman–Crippen LogP) is 18.2. The molecule has 0 aliphatic carbocycles. The molecule has 0 saturated carbocycles. The lowest BCUT2D eigenvalue weighted by Crippen LogP contribution is -2.07. The summed E-state index contributed by atoms with van der Waals surface area (Å²) in [7, 11) is 0. The van der Waals surface area contributed by atoms with Crippen molar-refractivity contribution in [1.82, 2.24) is 9.97 Å². The van der Waals surface area contributed by atoms with Crippen LogP contribution >= 0.6 is 47.0 Å².